The first-order valence-corrected chi connectivity index (χ1v) is 3.38. The molecule has 1 aromatic carbocycles. The fraction of sp³-hybridized carbons (Fsp3) is 0.143. The van der Waals surface area contributed by atoms with Crippen molar-refractivity contribution in [1.82, 2.24) is 0 Å². The zero-order valence-corrected chi connectivity index (χ0v) is 6.50. The molecule has 0 spiro atoms. The van der Waals surface area contributed by atoms with E-state index in [-0.39, 0.29) is 11.4 Å². The predicted octanol–water partition coefficient (Wildman–Crippen LogP) is 1.67. The Kier molecular flexibility index (Phi) is 2.86. The van der Waals surface area contributed by atoms with Crippen LogP contribution in [-0.4, -0.2) is 11.8 Å². The summed E-state index contributed by atoms with van der Waals surface area (Å²) in [6.07, 6.45) is 0. The van der Waals surface area contributed by atoms with Gasteiger partial charge in [0.05, 0.1) is 0 Å². The van der Waals surface area contributed by atoms with Crippen LogP contribution in [0.2, 0.25) is 0 Å². The molecule has 0 atom stereocenters. The van der Waals surface area contributed by atoms with Gasteiger partial charge < -0.3 is 10.5 Å². The highest BCUT2D eigenvalue weighted by Gasteiger charge is 2.08. The molecule has 0 amide bonds. The Balaban J connectivity index is 2.92. The van der Waals surface area contributed by atoms with Gasteiger partial charge in [0.1, 0.15) is 5.69 Å². The van der Waals surface area contributed by atoms with Crippen molar-refractivity contribution >= 4 is 11.4 Å². The molecular formula is C7H8F2N2O2. The lowest BCUT2D eigenvalue weighted by Gasteiger charge is -2.09. The van der Waals surface area contributed by atoms with Gasteiger partial charge in [-0.3, -0.25) is 10.7 Å². The van der Waals surface area contributed by atoms with Crippen LogP contribution < -0.4 is 16.0 Å². The first-order chi connectivity index (χ1) is 6.13. The van der Waals surface area contributed by atoms with Crippen LogP contribution in [0.25, 0.3) is 0 Å². The molecule has 0 aliphatic rings. The van der Waals surface area contributed by atoms with Crippen LogP contribution in [0, 0.1) is 0 Å². The van der Waals surface area contributed by atoms with Crippen molar-refractivity contribution in [3.05, 3.63) is 18.2 Å². The number of rotatable bonds is 3. The predicted molar refractivity (Wildman–Crippen MR) is 42.9 cm³/mol. The molecule has 1 aromatic rings. The van der Waals surface area contributed by atoms with E-state index in [0.29, 0.717) is 5.69 Å². The third-order valence-electron chi connectivity index (χ3n) is 1.34. The minimum Gasteiger partial charge on any atom is -0.433 e. The van der Waals surface area contributed by atoms with Crippen molar-refractivity contribution in [3.63, 3.8) is 0 Å². The summed E-state index contributed by atoms with van der Waals surface area (Å²) in [4.78, 5) is 0. The molecule has 1 rings (SSSR count). The lowest BCUT2D eigenvalue weighted by atomic mass is 10.2. The average molecular weight is 190 g/mol. The van der Waals surface area contributed by atoms with Crippen LogP contribution in [0.3, 0.4) is 0 Å². The number of nitrogen functional groups attached to an aromatic ring is 1. The molecule has 0 aliphatic carbocycles. The van der Waals surface area contributed by atoms with E-state index in [4.69, 9.17) is 10.9 Å². The molecule has 0 aliphatic heterocycles. The molecule has 13 heavy (non-hydrogen) atoms. The lowest BCUT2D eigenvalue weighted by molar-refractivity contribution is -0.0495. The number of halogens is 2. The van der Waals surface area contributed by atoms with E-state index < -0.39 is 6.61 Å². The third-order valence-corrected chi connectivity index (χ3v) is 1.34. The summed E-state index contributed by atoms with van der Waals surface area (Å²) >= 11 is 0. The van der Waals surface area contributed by atoms with Crippen LogP contribution in [0.5, 0.6) is 5.75 Å². The van der Waals surface area contributed by atoms with Gasteiger partial charge in [0.2, 0.25) is 0 Å². The van der Waals surface area contributed by atoms with Crippen LogP contribution in [0.1, 0.15) is 0 Å². The molecule has 72 valence electrons. The summed E-state index contributed by atoms with van der Waals surface area (Å²) in [5.41, 5.74) is 7.38. The van der Waals surface area contributed by atoms with Crippen LogP contribution in [0.4, 0.5) is 20.2 Å². The molecule has 0 bridgehead atoms. The zero-order chi connectivity index (χ0) is 9.84. The van der Waals surface area contributed by atoms with Crippen molar-refractivity contribution in [3.8, 4) is 5.75 Å². The maximum absolute atomic E-state index is 11.8. The molecule has 0 saturated heterocycles. The SMILES string of the molecule is Nc1ccc(OC(F)F)c(NO)c1. The number of nitrogens with one attached hydrogen (secondary N) is 1. The quantitative estimate of drug-likeness (QED) is 0.501. The summed E-state index contributed by atoms with van der Waals surface area (Å²) in [5.74, 6) is -0.160. The van der Waals surface area contributed by atoms with Crippen LogP contribution >= 0.6 is 0 Å². The Morgan fingerprint density at radius 2 is 2.15 bits per heavy atom. The summed E-state index contributed by atoms with van der Waals surface area (Å²) in [7, 11) is 0. The highest BCUT2D eigenvalue weighted by atomic mass is 19.3. The van der Waals surface area contributed by atoms with Crippen molar-refractivity contribution < 1.29 is 18.7 Å². The molecule has 0 radical (unpaired) electrons. The number of hydrogen-bond donors (Lipinski definition) is 3. The Hall–Kier alpha value is -1.56. The van der Waals surface area contributed by atoms with Gasteiger partial charge in [-0.1, -0.05) is 0 Å². The fourth-order valence-electron chi connectivity index (χ4n) is 0.834. The number of nitrogens with two attached hydrogens (primary N) is 1. The highest BCUT2D eigenvalue weighted by molar-refractivity contribution is 5.62. The monoisotopic (exact) mass is 190 g/mol. The largest absolute Gasteiger partial charge is 0.433 e. The first kappa shape index (κ1) is 9.53. The van der Waals surface area contributed by atoms with Gasteiger partial charge in [-0.25, -0.2) is 0 Å². The van der Waals surface area contributed by atoms with Crippen LogP contribution in [-0.2, 0) is 0 Å². The number of hydrogen-bond acceptors (Lipinski definition) is 4. The minimum absolute atomic E-state index is 0.000278. The van der Waals surface area contributed by atoms with Crippen molar-refractivity contribution in [2.75, 3.05) is 11.2 Å². The van der Waals surface area contributed by atoms with E-state index in [0.717, 1.165) is 0 Å². The van der Waals surface area contributed by atoms with Gasteiger partial charge in [0.15, 0.2) is 5.75 Å². The summed E-state index contributed by atoms with van der Waals surface area (Å²) < 4.78 is 27.6. The summed E-state index contributed by atoms with van der Waals surface area (Å²) in [6, 6.07) is 3.90. The maximum atomic E-state index is 11.8. The third kappa shape index (κ3) is 2.45. The van der Waals surface area contributed by atoms with Gasteiger partial charge in [-0.2, -0.15) is 8.78 Å². The Morgan fingerprint density at radius 1 is 1.46 bits per heavy atom. The van der Waals surface area contributed by atoms with E-state index in [9.17, 15) is 8.78 Å². The van der Waals surface area contributed by atoms with Gasteiger partial charge in [-0.15, -0.1) is 0 Å². The lowest BCUT2D eigenvalue weighted by Crippen LogP contribution is -2.05. The second-order valence-corrected chi connectivity index (χ2v) is 2.25. The standard InChI is InChI=1S/C7H8F2N2O2/c8-7(9)13-6-2-1-4(10)3-5(6)11-12/h1-3,7,11-12H,10H2. The van der Waals surface area contributed by atoms with E-state index >= 15 is 0 Å². The normalized spacial score (nSPS) is 10.2. The highest BCUT2D eigenvalue weighted by Crippen LogP contribution is 2.27. The molecule has 4 N–H and O–H groups in total. The number of ether oxygens (including phenoxy) is 1. The van der Waals surface area contributed by atoms with Gasteiger partial charge in [0.25, 0.3) is 0 Å². The van der Waals surface area contributed by atoms with Gasteiger partial charge in [-0.05, 0) is 18.2 Å². The maximum Gasteiger partial charge on any atom is 0.387 e. The molecule has 4 nitrogen and oxygen atoms in total. The fourth-order valence-corrected chi connectivity index (χ4v) is 0.834. The molecule has 0 aromatic heterocycles. The van der Waals surface area contributed by atoms with Crippen molar-refractivity contribution in [2.45, 2.75) is 6.61 Å². The topological polar surface area (TPSA) is 67.5 Å². The molecule has 0 fully saturated rings. The second kappa shape index (κ2) is 3.90. The molecule has 0 saturated carbocycles. The molecule has 0 unspecified atom stereocenters. The van der Waals surface area contributed by atoms with E-state index in [1.165, 1.54) is 18.2 Å². The minimum atomic E-state index is -2.93. The van der Waals surface area contributed by atoms with E-state index in [1.54, 1.807) is 5.48 Å². The second-order valence-electron chi connectivity index (χ2n) is 2.25. The van der Waals surface area contributed by atoms with E-state index in [2.05, 4.69) is 4.74 Å². The zero-order valence-electron chi connectivity index (χ0n) is 6.50. The first-order valence-electron chi connectivity index (χ1n) is 3.38. The van der Waals surface area contributed by atoms with Crippen LogP contribution in [0.15, 0.2) is 18.2 Å². The van der Waals surface area contributed by atoms with Gasteiger partial charge >= 0.3 is 6.61 Å². The van der Waals surface area contributed by atoms with Crippen molar-refractivity contribution in [2.24, 2.45) is 0 Å². The summed E-state index contributed by atoms with van der Waals surface area (Å²) in [6.45, 7) is -2.93. The van der Waals surface area contributed by atoms with E-state index in [1.807, 2.05) is 0 Å². The Bertz CT molecular complexity index is 294. The Labute approximate surface area is 72.9 Å². The molecule has 6 heteroatoms. The number of benzene rings is 1. The molecule has 0 heterocycles. The average Bonchev–Trinajstić information content (AvgIpc) is 2.07. The van der Waals surface area contributed by atoms with Gasteiger partial charge in [0, 0.05) is 5.69 Å². The molecular weight excluding hydrogens is 182 g/mol. The van der Waals surface area contributed by atoms with Crippen molar-refractivity contribution in [1.29, 1.82) is 0 Å². The Morgan fingerprint density at radius 3 is 2.69 bits per heavy atom. The number of anilines is 2. The smallest absolute Gasteiger partial charge is 0.387 e. The number of alkyl halides is 2. The summed E-state index contributed by atoms with van der Waals surface area (Å²) in [5, 5.41) is 8.53.